The number of nitrogens with zero attached hydrogens (tertiary/aromatic N) is 1. The van der Waals surface area contributed by atoms with Gasteiger partial charge in [0, 0.05) is 18.2 Å². The summed E-state index contributed by atoms with van der Waals surface area (Å²) in [6, 6.07) is 0.836. The molecular formula is C6H14N2S. The van der Waals surface area contributed by atoms with Crippen molar-refractivity contribution >= 4 is 12.1 Å². The molecule has 1 fully saturated rings. The minimum Gasteiger partial charge on any atom is -0.254 e. The van der Waals surface area contributed by atoms with Crippen molar-refractivity contribution in [1.82, 2.24) is 9.03 Å². The van der Waals surface area contributed by atoms with E-state index in [9.17, 15) is 0 Å². The van der Waals surface area contributed by atoms with Crippen LogP contribution in [0.1, 0.15) is 19.3 Å². The molecule has 2 nitrogen and oxygen atoms in total. The molecule has 0 aromatic carbocycles. The lowest BCUT2D eigenvalue weighted by Crippen LogP contribution is -2.33. The van der Waals surface area contributed by atoms with E-state index in [1.807, 2.05) is 7.05 Å². The van der Waals surface area contributed by atoms with Crippen LogP contribution in [0.2, 0.25) is 0 Å². The zero-order valence-corrected chi connectivity index (χ0v) is 6.87. The minimum absolute atomic E-state index is 0.836. The van der Waals surface area contributed by atoms with Crippen molar-refractivity contribution < 1.29 is 0 Å². The van der Waals surface area contributed by atoms with Crippen molar-refractivity contribution in [3.63, 3.8) is 0 Å². The van der Waals surface area contributed by atoms with E-state index < -0.39 is 0 Å². The summed E-state index contributed by atoms with van der Waals surface area (Å²) in [6.07, 6.45) is 4.18. The highest BCUT2D eigenvalue weighted by Gasteiger charge is 2.21. The summed E-state index contributed by atoms with van der Waals surface area (Å²) >= 11 is 1.70. The van der Waals surface area contributed by atoms with Crippen molar-refractivity contribution in [3.05, 3.63) is 0 Å². The SMILES string of the molecule is CNSN(C)C1CCC1. The average Bonchev–Trinajstić information content (AvgIpc) is 1.60. The molecule has 0 heterocycles. The van der Waals surface area contributed by atoms with Gasteiger partial charge in [-0.05, 0) is 26.9 Å². The van der Waals surface area contributed by atoms with Gasteiger partial charge in [-0.15, -0.1) is 0 Å². The molecule has 3 heteroatoms. The Morgan fingerprint density at radius 3 is 2.56 bits per heavy atom. The molecule has 0 aliphatic heterocycles. The van der Waals surface area contributed by atoms with Crippen LogP contribution in [-0.2, 0) is 0 Å². The highest BCUT2D eigenvalue weighted by atomic mass is 32.2. The molecule has 54 valence electrons. The molecule has 0 atom stereocenters. The van der Waals surface area contributed by atoms with E-state index in [4.69, 9.17) is 0 Å². The van der Waals surface area contributed by atoms with Crippen LogP contribution in [0.15, 0.2) is 0 Å². The zero-order chi connectivity index (χ0) is 6.69. The van der Waals surface area contributed by atoms with Crippen molar-refractivity contribution in [2.75, 3.05) is 14.1 Å². The molecule has 1 aliphatic rings. The van der Waals surface area contributed by atoms with Gasteiger partial charge in [0.1, 0.15) is 0 Å². The third kappa shape index (κ3) is 1.85. The monoisotopic (exact) mass is 146 g/mol. The maximum atomic E-state index is 3.06. The Bertz CT molecular complexity index is 83.1. The lowest BCUT2D eigenvalue weighted by Gasteiger charge is -2.32. The Labute approximate surface area is 61.3 Å². The smallest absolute Gasteiger partial charge is 0.0211 e. The van der Waals surface area contributed by atoms with Crippen LogP contribution in [0.4, 0.5) is 0 Å². The summed E-state index contributed by atoms with van der Waals surface area (Å²) < 4.78 is 5.35. The van der Waals surface area contributed by atoms with Crippen LogP contribution < -0.4 is 4.72 Å². The summed E-state index contributed by atoms with van der Waals surface area (Å²) in [5.41, 5.74) is 0. The largest absolute Gasteiger partial charge is 0.254 e. The fourth-order valence-corrected chi connectivity index (χ4v) is 1.62. The van der Waals surface area contributed by atoms with Gasteiger partial charge >= 0.3 is 0 Å². The number of nitrogens with one attached hydrogen (secondary N) is 1. The Morgan fingerprint density at radius 2 is 2.22 bits per heavy atom. The van der Waals surface area contributed by atoms with E-state index in [0.29, 0.717) is 0 Å². The molecule has 1 rings (SSSR count). The maximum Gasteiger partial charge on any atom is 0.0211 e. The third-order valence-corrected chi connectivity index (χ3v) is 2.59. The number of hydrogen-bond donors (Lipinski definition) is 1. The van der Waals surface area contributed by atoms with Gasteiger partial charge < -0.3 is 0 Å². The molecule has 1 saturated carbocycles. The van der Waals surface area contributed by atoms with Crippen molar-refractivity contribution in [1.29, 1.82) is 0 Å². The third-order valence-electron chi connectivity index (χ3n) is 1.82. The fourth-order valence-electron chi connectivity index (χ4n) is 0.969. The van der Waals surface area contributed by atoms with E-state index in [2.05, 4.69) is 16.1 Å². The second-order valence-electron chi connectivity index (χ2n) is 2.43. The van der Waals surface area contributed by atoms with E-state index >= 15 is 0 Å². The summed E-state index contributed by atoms with van der Waals surface area (Å²) in [5.74, 6) is 0. The predicted octanol–water partition coefficient (Wildman–Crippen LogP) is 1.25. The predicted molar refractivity (Wildman–Crippen MR) is 42.1 cm³/mol. The van der Waals surface area contributed by atoms with Crippen LogP contribution in [-0.4, -0.2) is 24.4 Å². The van der Waals surface area contributed by atoms with Gasteiger partial charge in [0.25, 0.3) is 0 Å². The van der Waals surface area contributed by atoms with E-state index in [1.165, 1.54) is 19.3 Å². The zero-order valence-electron chi connectivity index (χ0n) is 6.05. The number of rotatable bonds is 3. The average molecular weight is 146 g/mol. The van der Waals surface area contributed by atoms with Gasteiger partial charge in [-0.1, -0.05) is 6.42 Å². The molecule has 0 unspecified atom stereocenters. The molecule has 0 aromatic heterocycles. The van der Waals surface area contributed by atoms with E-state index in [-0.39, 0.29) is 0 Å². The topological polar surface area (TPSA) is 15.3 Å². The van der Waals surface area contributed by atoms with Crippen molar-refractivity contribution in [2.45, 2.75) is 25.3 Å². The van der Waals surface area contributed by atoms with Crippen LogP contribution in [0.25, 0.3) is 0 Å². The number of hydrogen-bond acceptors (Lipinski definition) is 3. The first kappa shape index (κ1) is 7.38. The van der Waals surface area contributed by atoms with Gasteiger partial charge in [-0.3, -0.25) is 4.72 Å². The standard InChI is InChI=1S/C6H14N2S/c1-7-9-8(2)6-4-3-5-6/h6-7H,3-5H2,1-2H3. The van der Waals surface area contributed by atoms with Gasteiger partial charge in [0.2, 0.25) is 0 Å². The van der Waals surface area contributed by atoms with Gasteiger partial charge in [-0.2, -0.15) is 0 Å². The Morgan fingerprint density at radius 1 is 1.56 bits per heavy atom. The van der Waals surface area contributed by atoms with Gasteiger partial charge in [-0.25, -0.2) is 4.31 Å². The maximum absolute atomic E-state index is 3.06. The van der Waals surface area contributed by atoms with Crippen LogP contribution in [0, 0.1) is 0 Å². The lowest BCUT2D eigenvalue weighted by molar-refractivity contribution is 0.266. The first-order valence-electron chi connectivity index (χ1n) is 3.41. The van der Waals surface area contributed by atoms with Gasteiger partial charge in [0.05, 0.1) is 0 Å². The molecule has 0 saturated heterocycles. The summed E-state index contributed by atoms with van der Waals surface area (Å²) in [5, 5.41) is 0. The molecule has 0 bridgehead atoms. The lowest BCUT2D eigenvalue weighted by atomic mass is 9.94. The van der Waals surface area contributed by atoms with E-state index in [0.717, 1.165) is 6.04 Å². The van der Waals surface area contributed by atoms with Crippen LogP contribution in [0.5, 0.6) is 0 Å². The second kappa shape index (κ2) is 3.44. The Hall–Kier alpha value is 0.270. The first-order chi connectivity index (χ1) is 4.34. The summed E-state index contributed by atoms with van der Waals surface area (Å²) in [6.45, 7) is 0. The molecule has 0 amide bonds. The normalized spacial score (nSPS) is 20.3. The molecule has 0 radical (unpaired) electrons. The molecular weight excluding hydrogens is 132 g/mol. The molecule has 1 N–H and O–H groups in total. The van der Waals surface area contributed by atoms with Crippen molar-refractivity contribution in [3.8, 4) is 0 Å². The molecule has 9 heavy (non-hydrogen) atoms. The Balaban J connectivity index is 2.08. The molecule has 0 aromatic rings. The first-order valence-corrected chi connectivity index (χ1v) is 4.18. The van der Waals surface area contributed by atoms with Crippen molar-refractivity contribution in [2.24, 2.45) is 0 Å². The quantitative estimate of drug-likeness (QED) is 0.603. The highest BCUT2D eigenvalue weighted by molar-refractivity contribution is 7.95. The van der Waals surface area contributed by atoms with Crippen LogP contribution >= 0.6 is 12.1 Å². The van der Waals surface area contributed by atoms with Gasteiger partial charge in [0.15, 0.2) is 0 Å². The van der Waals surface area contributed by atoms with E-state index in [1.54, 1.807) is 12.1 Å². The second-order valence-corrected chi connectivity index (χ2v) is 3.59. The molecule has 1 aliphatic carbocycles. The van der Waals surface area contributed by atoms with Crippen LogP contribution in [0.3, 0.4) is 0 Å². The fraction of sp³-hybridized carbons (Fsp3) is 1.00. The Kier molecular flexibility index (Phi) is 2.82. The highest BCUT2D eigenvalue weighted by Crippen LogP contribution is 2.26. The summed E-state index contributed by atoms with van der Waals surface area (Å²) in [7, 11) is 4.10. The molecule has 0 spiro atoms. The summed E-state index contributed by atoms with van der Waals surface area (Å²) in [4.78, 5) is 0. The minimum atomic E-state index is 0.836.